The highest BCUT2D eigenvalue weighted by molar-refractivity contribution is 5.89. The number of rotatable bonds is 8. The molecule has 0 heterocycles. The molecule has 5 nitrogen and oxygen atoms in total. The zero-order valence-electron chi connectivity index (χ0n) is 17.3. The maximum absolute atomic E-state index is 12.9. The lowest BCUT2D eigenvalue weighted by molar-refractivity contribution is -0.128. The van der Waals surface area contributed by atoms with Gasteiger partial charge in [-0.25, -0.2) is 0 Å². The summed E-state index contributed by atoms with van der Waals surface area (Å²) >= 11 is 0. The van der Waals surface area contributed by atoms with Crippen LogP contribution in [0.25, 0.3) is 10.8 Å². The van der Waals surface area contributed by atoms with Crippen molar-refractivity contribution in [1.29, 1.82) is 0 Å². The molecule has 29 heavy (non-hydrogen) atoms. The number of hydrogen-bond acceptors (Lipinski definition) is 4. The molecule has 0 aliphatic heterocycles. The molecule has 5 heteroatoms. The number of nitrogens with one attached hydrogen (secondary N) is 1. The summed E-state index contributed by atoms with van der Waals surface area (Å²) in [6.45, 7) is 3.88. The summed E-state index contributed by atoms with van der Waals surface area (Å²) in [6, 6.07) is 19.3. The Labute approximate surface area is 171 Å². The molecule has 152 valence electrons. The van der Waals surface area contributed by atoms with Gasteiger partial charge in [-0.1, -0.05) is 49.4 Å². The molecule has 0 saturated carbocycles. The van der Waals surface area contributed by atoms with Crippen molar-refractivity contribution in [2.75, 3.05) is 14.2 Å². The van der Waals surface area contributed by atoms with Crippen molar-refractivity contribution in [2.45, 2.75) is 32.4 Å². The maximum Gasteiger partial charge on any atom is 0.261 e. The number of ether oxygens (including phenoxy) is 3. The molecule has 1 amide bonds. The van der Waals surface area contributed by atoms with Gasteiger partial charge < -0.3 is 19.5 Å². The topological polar surface area (TPSA) is 56.8 Å². The summed E-state index contributed by atoms with van der Waals surface area (Å²) in [5.41, 5.74) is 0.927. The van der Waals surface area contributed by atoms with Gasteiger partial charge in [-0.2, -0.15) is 0 Å². The highest BCUT2D eigenvalue weighted by atomic mass is 16.5. The Bertz CT molecular complexity index is 980. The van der Waals surface area contributed by atoms with Crippen LogP contribution in [-0.4, -0.2) is 26.2 Å². The molecular weight excluding hydrogens is 366 g/mol. The Balaban J connectivity index is 1.74. The third-order valence-electron chi connectivity index (χ3n) is 4.95. The quantitative estimate of drug-likeness (QED) is 0.592. The van der Waals surface area contributed by atoms with Crippen LogP contribution in [0.3, 0.4) is 0 Å². The molecule has 2 atom stereocenters. The third kappa shape index (κ3) is 4.62. The van der Waals surface area contributed by atoms with Crippen LogP contribution in [0.4, 0.5) is 0 Å². The van der Waals surface area contributed by atoms with E-state index in [0.717, 1.165) is 16.3 Å². The molecule has 0 saturated heterocycles. The first-order valence-corrected chi connectivity index (χ1v) is 9.74. The fourth-order valence-corrected chi connectivity index (χ4v) is 3.29. The smallest absolute Gasteiger partial charge is 0.261 e. The van der Waals surface area contributed by atoms with E-state index in [1.807, 2.05) is 74.5 Å². The first-order chi connectivity index (χ1) is 14.1. The van der Waals surface area contributed by atoms with E-state index in [1.54, 1.807) is 14.2 Å². The minimum absolute atomic E-state index is 0.150. The highest BCUT2D eigenvalue weighted by Gasteiger charge is 2.22. The summed E-state index contributed by atoms with van der Waals surface area (Å²) in [7, 11) is 3.19. The normalized spacial score (nSPS) is 12.8. The minimum Gasteiger partial charge on any atom is -0.493 e. The van der Waals surface area contributed by atoms with Crippen LogP contribution in [-0.2, 0) is 4.79 Å². The van der Waals surface area contributed by atoms with Gasteiger partial charge in [0.25, 0.3) is 5.91 Å². The van der Waals surface area contributed by atoms with Gasteiger partial charge in [-0.3, -0.25) is 4.79 Å². The summed E-state index contributed by atoms with van der Waals surface area (Å²) < 4.78 is 16.7. The first kappa shape index (κ1) is 20.5. The van der Waals surface area contributed by atoms with E-state index in [-0.39, 0.29) is 11.9 Å². The molecule has 1 N–H and O–H groups in total. The molecular formula is C24H27NO4. The predicted octanol–water partition coefficient (Wildman–Crippen LogP) is 4.89. The van der Waals surface area contributed by atoms with Gasteiger partial charge in [0.1, 0.15) is 5.75 Å². The Kier molecular flexibility index (Phi) is 6.60. The van der Waals surface area contributed by atoms with Crippen molar-refractivity contribution >= 4 is 16.7 Å². The van der Waals surface area contributed by atoms with E-state index in [1.165, 1.54) is 0 Å². The van der Waals surface area contributed by atoms with Gasteiger partial charge in [-0.15, -0.1) is 0 Å². The standard InChI is InChI=1S/C24H27NO4/c1-5-20(29-21-12-8-10-17-9-6-7-11-19(17)21)24(26)25-16(2)18-13-14-22(27-3)23(15-18)28-4/h6-16,20H,5H2,1-4H3,(H,25,26)/t16-,20-/m0/s1. The second kappa shape index (κ2) is 9.32. The lowest BCUT2D eigenvalue weighted by Crippen LogP contribution is -2.39. The highest BCUT2D eigenvalue weighted by Crippen LogP contribution is 2.30. The fourth-order valence-electron chi connectivity index (χ4n) is 3.29. The zero-order chi connectivity index (χ0) is 20.8. The number of amides is 1. The van der Waals surface area contributed by atoms with Crippen molar-refractivity contribution < 1.29 is 19.0 Å². The van der Waals surface area contributed by atoms with E-state index < -0.39 is 6.10 Å². The summed E-state index contributed by atoms with van der Waals surface area (Å²) in [4.78, 5) is 12.9. The van der Waals surface area contributed by atoms with Crippen molar-refractivity contribution in [1.82, 2.24) is 5.32 Å². The first-order valence-electron chi connectivity index (χ1n) is 9.74. The minimum atomic E-state index is -0.580. The summed E-state index contributed by atoms with van der Waals surface area (Å²) in [6.07, 6.45) is -0.0170. The molecule has 0 bridgehead atoms. The van der Waals surface area contributed by atoms with Crippen LogP contribution in [0.1, 0.15) is 31.9 Å². The van der Waals surface area contributed by atoms with Crippen LogP contribution in [0.15, 0.2) is 60.7 Å². The van der Waals surface area contributed by atoms with Crippen LogP contribution in [0, 0.1) is 0 Å². The van der Waals surface area contributed by atoms with E-state index in [9.17, 15) is 4.79 Å². The molecule has 0 fully saturated rings. The molecule has 0 aliphatic rings. The molecule has 0 aliphatic carbocycles. The second-order valence-electron chi connectivity index (χ2n) is 6.84. The van der Waals surface area contributed by atoms with Crippen molar-refractivity contribution in [3.63, 3.8) is 0 Å². The average molecular weight is 393 g/mol. The number of methoxy groups -OCH3 is 2. The largest absolute Gasteiger partial charge is 0.493 e. The number of benzene rings is 3. The van der Waals surface area contributed by atoms with Gasteiger partial charge in [0.2, 0.25) is 0 Å². The molecule has 0 spiro atoms. The van der Waals surface area contributed by atoms with Gasteiger partial charge in [0, 0.05) is 5.39 Å². The Hall–Kier alpha value is -3.21. The Morgan fingerprint density at radius 2 is 1.66 bits per heavy atom. The van der Waals surface area contributed by atoms with Crippen molar-refractivity contribution in [3.8, 4) is 17.2 Å². The van der Waals surface area contributed by atoms with Crippen LogP contribution >= 0.6 is 0 Å². The maximum atomic E-state index is 12.9. The van der Waals surface area contributed by atoms with Gasteiger partial charge in [0.05, 0.1) is 20.3 Å². The SMILES string of the molecule is CC[C@H](Oc1cccc2ccccc12)C(=O)N[C@@H](C)c1ccc(OC)c(OC)c1. The third-order valence-corrected chi connectivity index (χ3v) is 4.95. The Morgan fingerprint density at radius 3 is 2.38 bits per heavy atom. The average Bonchev–Trinajstić information content (AvgIpc) is 2.76. The molecule has 0 radical (unpaired) electrons. The fraction of sp³-hybridized carbons (Fsp3) is 0.292. The molecule has 3 aromatic rings. The van der Waals surface area contributed by atoms with E-state index in [2.05, 4.69) is 5.32 Å². The number of fused-ring (bicyclic) bond motifs is 1. The van der Waals surface area contributed by atoms with E-state index in [0.29, 0.717) is 23.7 Å². The lowest BCUT2D eigenvalue weighted by Gasteiger charge is -2.22. The monoisotopic (exact) mass is 393 g/mol. The predicted molar refractivity (Wildman–Crippen MR) is 115 cm³/mol. The number of carbonyl (C=O) groups excluding carboxylic acids is 1. The van der Waals surface area contributed by atoms with E-state index in [4.69, 9.17) is 14.2 Å². The molecule has 3 aromatic carbocycles. The van der Waals surface area contributed by atoms with Crippen molar-refractivity contribution in [3.05, 3.63) is 66.2 Å². The molecule has 0 aromatic heterocycles. The van der Waals surface area contributed by atoms with Gasteiger partial charge in [0.15, 0.2) is 17.6 Å². The summed E-state index contributed by atoms with van der Waals surface area (Å²) in [5, 5.41) is 5.12. The van der Waals surface area contributed by atoms with Crippen LogP contribution in [0.2, 0.25) is 0 Å². The van der Waals surface area contributed by atoms with Crippen molar-refractivity contribution in [2.24, 2.45) is 0 Å². The lowest BCUT2D eigenvalue weighted by atomic mass is 10.1. The molecule has 3 rings (SSSR count). The molecule has 0 unspecified atom stereocenters. The Morgan fingerprint density at radius 1 is 0.931 bits per heavy atom. The summed E-state index contributed by atoms with van der Waals surface area (Å²) in [5.74, 6) is 1.84. The number of carbonyl (C=O) groups is 1. The van der Waals surface area contributed by atoms with Gasteiger partial charge >= 0.3 is 0 Å². The number of hydrogen-bond donors (Lipinski definition) is 1. The second-order valence-corrected chi connectivity index (χ2v) is 6.84. The van der Waals surface area contributed by atoms with Crippen LogP contribution < -0.4 is 19.5 Å². The zero-order valence-corrected chi connectivity index (χ0v) is 17.3. The van der Waals surface area contributed by atoms with Gasteiger partial charge in [-0.05, 0) is 42.5 Å². The van der Waals surface area contributed by atoms with E-state index >= 15 is 0 Å². The van der Waals surface area contributed by atoms with Crippen LogP contribution in [0.5, 0.6) is 17.2 Å².